The van der Waals surface area contributed by atoms with Crippen molar-refractivity contribution >= 4 is 67.5 Å². The maximum atomic E-state index is 12.4. The lowest BCUT2D eigenvalue weighted by atomic mass is 10.1. The number of hydrogen-bond donors (Lipinski definition) is 2. The molecule has 3 aromatic carbocycles. The highest BCUT2D eigenvalue weighted by Crippen LogP contribution is 2.29. The summed E-state index contributed by atoms with van der Waals surface area (Å²) in [5, 5.41) is 6.92. The molecule has 0 aliphatic carbocycles. The number of thioether (sulfide) groups is 1. The Balaban J connectivity index is 1.38. The number of carbonyl (C=O) groups is 2. The van der Waals surface area contributed by atoms with Crippen LogP contribution in [0.25, 0.3) is 10.2 Å². The number of carbonyl (C=O) groups excluding carboxylic acids is 2. The number of halogens is 1. The number of rotatable bonds is 6. The summed E-state index contributed by atoms with van der Waals surface area (Å²) in [7, 11) is 0. The van der Waals surface area contributed by atoms with Gasteiger partial charge in [-0.1, -0.05) is 40.6 Å². The fourth-order valence-corrected chi connectivity index (χ4v) is 4.53. The van der Waals surface area contributed by atoms with E-state index >= 15 is 0 Å². The van der Waals surface area contributed by atoms with Crippen molar-refractivity contribution in [2.75, 3.05) is 16.4 Å². The highest BCUT2D eigenvalue weighted by atomic mass is 35.5. The molecule has 0 saturated carbocycles. The van der Waals surface area contributed by atoms with Gasteiger partial charge in [0.15, 0.2) is 5.13 Å². The highest BCUT2D eigenvalue weighted by Gasteiger charge is 2.11. The zero-order chi connectivity index (χ0) is 21.8. The number of nitrogens with zero attached hydrogens (tertiary/aromatic N) is 1. The molecule has 1 heterocycles. The first-order valence-corrected chi connectivity index (χ1v) is 11.6. The minimum Gasteiger partial charge on any atom is -0.325 e. The Morgan fingerprint density at radius 1 is 1.00 bits per heavy atom. The van der Waals surface area contributed by atoms with Crippen LogP contribution in [0.5, 0.6) is 0 Å². The average Bonchev–Trinajstić information content (AvgIpc) is 3.15. The Labute approximate surface area is 192 Å². The first-order valence-electron chi connectivity index (χ1n) is 9.43. The predicted octanol–water partition coefficient (Wildman–Crippen LogP) is 6.24. The van der Waals surface area contributed by atoms with Crippen LogP contribution in [0.3, 0.4) is 0 Å². The lowest BCUT2D eigenvalue weighted by Crippen LogP contribution is -2.13. The molecule has 0 fully saturated rings. The van der Waals surface area contributed by atoms with Crippen LogP contribution >= 0.6 is 34.7 Å². The molecule has 0 aliphatic heterocycles. The summed E-state index contributed by atoms with van der Waals surface area (Å²) in [5.41, 5.74) is 3.13. The SMILES string of the molecule is Cc1ccc(C(=O)Nc2nc3ccc(NC(=O)CSc4ccc(Cl)cc4)cc3s2)cc1. The fourth-order valence-electron chi connectivity index (χ4n) is 2.81. The van der Waals surface area contributed by atoms with Gasteiger partial charge in [-0.25, -0.2) is 4.98 Å². The van der Waals surface area contributed by atoms with Gasteiger partial charge in [0.25, 0.3) is 5.91 Å². The van der Waals surface area contributed by atoms with Crippen molar-refractivity contribution in [2.45, 2.75) is 11.8 Å². The molecule has 5 nitrogen and oxygen atoms in total. The normalized spacial score (nSPS) is 10.8. The number of amides is 2. The first-order chi connectivity index (χ1) is 15.0. The van der Waals surface area contributed by atoms with Gasteiger partial charge in [0, 0.05) is 21.2 Å². The van der Waals surface area contributed by atoms with Gasteiger partial charge in [-0.3, -0.25) is 14.9 Å². The third-order valence-corrected chi connectivity index (χ3v) is 6.59. The summed E-state index contributed by atoms with van der Waals surface area (Å²) < 4.78 is 0.877. The largest absolute Gasteiger partial charge is 0.325 e. The Hall–Kier alpha value is -2.87. The van der Waals surface area contributed by atoms with E-state index in [0.29, 0.717) is 27.2 Å². The van der Waals surface area contributed by atoms with E-state index in [1.165, 1.54) is 23.1 Å². The number of benzene rings is 3. The van der Waals surface area contributed by atoms with E-state index in [4.69, 9.17) is 11.6 Å². The standard InChI is InChI=1S/C23H18ClN3O2S2/c1-14-2-4-15(5-3-14)22(29)27-23-26-19-11-8-17(12-20(19)31-23)25-21(28)13-30-18-9-6-16(24)7-10-18/h2-12H,13H2,1H3,(H,25,28)(H,26,27,29). The van der Waals surface area contributed by atoms with Crippen LogP contribution in [0.15, 0.2) is 71.6 Å². The second-order valence-electron chi connectivity index (χ2n) is 6.81. The van der Waals surface area contributed by atoms with E-state index in [9.17, 15) is 9.59 Å². The molecule has 1 aromatic heterocycles. The van der Waals surface area contributed by atoms with E-state index in [1.807, 2.05) is 43.3 Å². The molecule has 2 N–H and O–H groups in total. The molecular weight excluding hydrogens is 450 g/mol. The third kappa shape index (κ3) is 5.64. The summed E-state index contributed by atoms with van der Waals surface area (Å²) in [6.07, 6.45) is 0. The van der Waals surface area contributed by atoms with Crippen LogP contribution in [0.1, 0.15) is 15.9 Å². The lowest BCUT2D eigenvalue weighted by molar-refractivity contribution is -0.113. The molecule has 8 heteroatoms. The van der Waals surface area contributed by atoms with Gasteiger partial charge in [-0.05, 0) is 61.5 Å². The maximum absolute atomic E-state index is 12.4. The number of aryl methyl sites for hydroxylation is 1. The van der Waals surface area contributed by atoms with Gasteiger partial charge in [-0.15, -0.1) is 11.8 Å². The molecule has 0 unspecified atom stereocenters. The summed E-state index contributed by atoms with van der Waals surface area (Å²) in [6.45, 7) is 1.97. The van der Waals surface area contributed by atoms with Gasteiger partial charge in [0.2, 0.25) is 5.91 Å². The minimum absolute atomic E-state index is 0.100. The molecule has 0 radical (unpaired) electrons. The van der Waals surface area contributed by atoms with Gasteiger partial charge in [-0.2, -0.15) is 0 Å². The number of nitrogens with one attached hydrogen (secondary N) is 2. The number of anilines is 2. The Morgan fingerprint density at radius 3 is 2.48 bits per heavy atom. The smallest absolute Gasteiger partial charge is 0.257 e. The van der Waals surface area contributed by atoms with Crippen LogP contribution in [-0.2, 0) is 4.79 Å². The van der Waals surface area contributed by atoms with E-state index in [0.717, 1.165) is 20.7 Å². The number of hydrogen-bond acceptors (Lipinski definition) is 5. The Bertz CT molecular complexity index is 1240. The monoisotopic (exact) mass is 467 g/mol. The predicted molar refractivity (Wildman–Crippen MR) is 130 cm³/mol. The number of thiazole rings is 1. The van der Waals surface area contributed by atoms with Crippen molar-refractivity contribution in [2.24, 2.45) is 0 Å². The molecular formula is C23H18ClN3O2S2. The van der Waals surface area contributed by atoms with E-state index in [2.05, 4.69) is 15.6 Å². The molecule has 0 bridgehead atoms. The maximum Gasteiger partial charge on any atom is 0.257 e. The van der Waals surface area contributed by atoms with Crippen molar-refractivity contribution < 1.29 is 9.59 Å². The molecule has 31 heavy (non-hydrogen) atoms. The molecule has 0 atom stereocenters. The van der Waals surface area contributed by atoms with Gasteiger partial charge >= 0.3 is 0 Å². The van der Waals surface area contributed by atoms with E-state index < -0.39 is 0 Å². The second-order valence-corrected chi connectivity index (χ2v) is 9.33. The van der Waals surface area contributed by atoms with Crippen LogP contribution < -0.4 is 10.6 Å². The quantitative estimate of drug-likeness (QED) is 0.329. The van der Waals surface area contributed by atoms with E-state index in [1.54, 1.807) is 30.3 Å². The fraction of sp³-hybridized carbons (Fsp3) is 0.0870. The average molecular weight is 468 g/mol. The summed E-state index contributed by atoms with van der Waals surface area (Å²) in [6, 6.07) is 20.2. The van der Waals surface area contributed by atoms with Crippen LogP contribution in [0.2, 0.25) is 5.02 Å². The van der Waals surface area contributed by atoms with Crippen molar-refractivity contribution in [3.63, 3.8) is 0 Å². The third-order valence-electron chi connectivity index (χ3n) is 4.39. The summed E-state index contributed by atoms with van der Waals surface area (Å²) >= 11 is 8.69. The molecule has 4 rings (SSSR count). The second kappa shape index (κ2) is 9.51. The number of aromatic nitrogens is 1. The highest BCUT2D eigenvalue weighted by molar-refractivity contribution is 8.00. The molecule has 0 spiro atoms. The van der Waals surface area contributed by atoms with Gasteiger partial charge in [0.05, 0.1) is 16.0 Å². The summed E-state index contributed by atoms with van der Waals surface area (Å²) in [5.74, 6) is -0.0104. The Morgan fingerprint density at radius 2 is 1.74 bits per heavy atom. The Kier molecular flexibility index (Phi) is 6.56. The molecule has 156 valence electrons. The van der Waals surface area contributed by atoms with Crippen molar-refractivity contribution in [3.05, 3.63) is 82.9 Å². The van der Waals surface area contributed by atoms with Gasteiger partial charge < -0.3 is 5.32 Å². The van der Waals surface area contributed by atoms with Gasteiger partial charge in [0.1, 0.15) is 0 Å². The molecule has 0 saturated heterocycles. The lowest BCUT2D eigenvalue weighted by Gasteiger charge is -2.05. The minimum atomic E-state index is -0.202. The van der Waals surface area contributed by atoms with Crippen molar-refractivity contribution in [3.8, 4) is 0 Å². The number of fused-ring (bicyclic) bond motifs is 1. The summed E-state index contributed by atoms with van der Waals surface area (Å²) in [4.78, 5) is 30.1. The van der Waals surface area contributed by atoms with Crippen molar-refractivity contribution in [1.82, 2.24) is 4.98 Å². The topological polar surface area (TPSA) is 71.1 Å². The molecule has 2 amide bonds. The van der Waals surface area contributed by atoms with E-state index in [-0.39, 0.29) is 11.8 Å². The molecule has 4 aromatic rings. The first kappa shape index (κ1) is 21.4. The van der Waals surface area contributed by atoms with Crippen LogP contribution in [-0.4, -0.2) is 22.6 Å². The zero-order valence-electron chi connectivity index (χ0n) is 16.5. The molecule has 0 aliphatic rings. The van der Waals surface area contributed by atoms with Crippen LogP contribution in [0, 0.1) is 6.92 Å². The van der Waals surface area contributed by atoms with Crippen molar-refractivity contribution in [1.29, 1.82) is 0 Å². The van der Waals surface area contributed by atoms with Crippen LogP contribution in [0.4, 0.5) is 10.8 Å². The zero-order valence-corrected chi connectivity index (χ0v) is 18.9.